The maximum absolute atomic E-state index is 12.8. The van der Waals surface area contributed by atoms with E-state index < -0.39 is 10.8 Å². The summed E-state index contributed by atoms with van der Waals surface area (Å²) in [5.74, 6) is -0.0855. The highest BCUT2D eigenvalue weighted by molar-refractivity contribution is 7.85. The summed E-state index contributed by atoms with van der Waals surface area (Å²) in [5.41, 5.74) is 0.707. The lowest BCUT2D eigenvalue weighted by Gasteiger charge is -2.07. The van der Waals surface area contributed by atoms with Crippen molar-refractivity contribution < 1.29 is 18.1 Å². The van der Waals surface area contributed by atoms with Gasteiger partial charge in [0.25, 0.3) is 0 Å². The summed E-state index contributed by atoms with van der Waals surface area (Å²) in [5, 5.41) is 0. The summed E-state index contributed by atoms with van der Waals surface area (Å²) in [4.78, 5) is 12.5. The van der Waals surface area contributed by atoms with Gasteiger partial charge in [0.2, 0.25) is 0 Å². The highest BCUT2D eigenvalue weighted by Crippen LogP contribution is 2.21. The summed E-state index contributed by atoms with van der Waals surface area (Å²) in [6, 6.07) is 12.6. The van der Waals surface area contributed by atoms with Crippen LogP contribution in [-0.4, -0.2) is 22.9 Å². The quantitative estimate of drug-likeness (QED) is 0.824. The molecular weight excluding hydrogens is 291 g/mol. The summed E-state index contributed by atoms with van der Waals surface area (Å²) >= 11 is 0. The second-order valence-electron chi connectivity index (χ2n) is 4.48. The molecule has 0 aromatic heterocycles. The van der Waals surface area contributed by atoms with E-state index in [1.165, 1.54) is 19.2 Å². The van der Waals surface area contributed by atoms with Gasteiger partial charge in [-0.3, -0.25) is 9.00 Å². The molecular formula is C16H15FO3S. The second-order valence-corrected chi connectivity index (χ2v) is 5.90. The number of carbonyl (C=O) groups excluding carboxylic acids is 1. The number of halogens is 1. The number of ether oxygens (including phenoxy) is 1. The first-order valence-electron chi connectivity index (χ1n) is 6.37. The van der Waals surface area contributed by atoms with E-state index in [9.17, 15) is 13.4 Å². The molecule has 0 aliphatic rings. The molecule has 21 heavy (non-hydrogen) atoms. The summed E-state index contributed by atoms with van der Waals surface area (Å²) in [6.45, 7) is 0. The van der Waals surface area contributed by atoms with E-state index in [-0.39, 0.29) is 23.8 Å². The maximum Gasteiger partial charge on any atom is 0.150 e. The van der Waals surface area contributed by atoms with Crippen LogP contribution in [0.5, 0.6) is 5.75 Å². The zero-order valence-corrected chi connectivity index (χ0v) is 12.4. The van der Waals surface area contributed by atoms with Crippen molar-refractivity contribution >= 4 is 16.6 Å². The summed E-state index contributed by atoms with van der Waals surface area (Å²) in [6.07, 6.45) is 0.140. The molecule has 3 nitrogen and oxygen atoms in total. The van der Waals surface area contributed by atoms with Crippen molar-refractivity contribution in [3.63, 3.8) is 0 Å². The normalized spacial score (nSPS) is 11.9. The van der Waals surface area contributed by atoms with E-state index in [1.54, 1.807) is 36.4 Å². The molecule has 2 aromatic carbocycles. The fourth-order valence-corrected chi connectivity index (χ4v) is 3.07. The fourth-order valence-electron chi connectivity index (χ4n) is 1.91. The third kappa shape index (κ3) is 4.23. The van der Waals surface area contributed by atoms with Gasteiger partial charge in [-0.25, -0.2) is 4.39 Å². The molecule has 0 saturated carbocycles. The topological polar surface area (TPSA) is 43.4 Å². The van der Waals surface area contributed by atoms with Crippen LogP contribution in [0.25, 0.3) is 0 Å². The average Bonchev–Trinajstić information content (AvgIpc) is 2.49. The lowest BCUT2D eigenvalue weighted by atomic mass is 10.1. The molecule has 1 unspecified atom stereocenters. The Hall–Kier alpha value is -2.01. The van der Waals surface area contributed by atoms with Crippen molar-refractivity contribution in [2.24, 2.45) is 0 Å². The zero-order valence-electron chi connectivity index (χ0n) is 11.5. The molecule has 2 rings (SSSR count). The fraction of sp³-hybridized carbons (Fsp3) is 0.188. The van der Waals surface area contributed by atoms with E-state index in [0.717, 1.165) is 0 Å². The highest BCUT2D eigenvalue weighted by atomic mass is 32.2. The molecule has 5 heteroatoms. The first-order valence-corrected chi connectivity index (χ1v) is 7.69. The molecule has 2 aromatic rings. The van der Waals surface area contributed by atoms with Crippen LogP contribution in [0.15, 0.2) is 53.4 Å². The zero-order chi connectivity index (χ0) is 15.2. The molecule has 0 radical (unpaired) electrons. The largest absolute Gasteiger partial charge is 0.495 e. The van der Waals surface area contributed by atoms with Gasteiger partial charge in [0.15, 0.2) is 0 Å². The van der Waals surface area contributed by atoms with Crippen LogP contribution in [-0.2, 0) is 22.0 Å². The Labute approximate surface area is 125 Å². The molecule has 110 valence electrons. The molecule has 0 amide bonds. The van der Waals surface area contributed by atoms with Gasteiger partial charge in [-0.05, 0) is 29.8 Å². The van der Waals surface area contributed by atoms with E-state index in [1.807, 2.05) is 0 Å². The van der Waals surface area contributed by atoms with Gasteiger partial charge in [0, 0.05) is 6.42 Å². The van der Waals surface area contributed by atoms with Gasteiger partial charge in [-0.2, -0.15) is 0 Å². The molecule has 0 aliphatic carbocycles. The third-order valence-corrected chi connectivity index (χ3v) is 4.33. The van der Waals surface area contributed by atoms with E-state index in [2.05, 4.69) is 0 Å². The SMILES string of the molecule is COc1ccccc1S(=O)CC(=O)Cc1ccc(F)cc1. The van der Waals surface area contributed by atoms with Crippen LogP contribution in [0, 0.1) is 5.82 Å². The predicted octanol–water partition coefficient (Wildman–Crippen LogP) is 2.75. The molecule has 0 aliphatic heterocycles. The molecule has 0 saturated heterocycles. The minimum atomic E-state index is -1.45. The lowest BCUT2D eigenvalue weighted by molar-refractivity contribution is -0.116. The first kappa shape index (κ1) is 15.4. The van der Waals surface area contributed by atoms with Crippen LogP contribution in [0.1, 0.15) is 5.56 Å². The minimum Gasteiger partial charge on any atom is -0.495 e. The smallest absolute Gasteiger partial charge is 0.150 e. The van der Waals surface area contributed by atoms with Crippen molar-refractivity contribution in [2.45, 2.75) is 11.3 Å². The standard InChI is InChI=1S/C16H15FO3S/c1-20-15-4-2-3-5-16(15)21(19)11-14(18)10-12-6-8-13(17)9-7-12/h2-9H,10-11H2,1H3. The van der Waals surface area contributed by atoms with Crippen LogP contribution in [0.2, 0.25) is 0 Å². The number of ketones is 1. The second kappa shape index (κ2) is 7.13. The van der Waals surface area contributed by atoms with E-state index in [4.69, 9.17) is 4.74 Å². The molecule has 1 atom stereocenters. The van der Waals surface area contributed by atoms with Crippen molar-refractivity contribution in [1.82, 2.24) is 0 Å². The maximum atomic E-state index is 12.8. The van der Waals surface area contributed by atoms with Crippen molar-refractivity contribution in [2.75, 3.05) is 12.9 Å². The van der Waals surface area contributed by atoms with Gasteiger partial charge in [0.1, 0.15) is 17.3 Å². The minimum absolute atomic E-state index is 0.0856. The number of carbonyl (C=O) groups is 1. The van der Waals surface area contributed by atoms with Crippen molar-refractivity contribution in [1.29, 1.82) is 0 Å². The Kier molecular flexibility index (Phi) is 5.22. The number of hydrogen-bond donors (Lipinski definition) is 0. The predicted molar refractivity (Wildman–Crippen MR) is 79.4 cm³/mol. The Morgan fingerprint density at radius 3 is 2.48 bits per heavy atom. The monoisotopic (exact) mass is 306 g/mol. The highest BCUT2D eigenvalue weighted by Gasteiger charge is 2.14. The number of para-hydroxylation sites is 1. The Balaban J connectivity index is 2.02. The Bertz CT molecular complexity index is 653. The Morgan fingerprint density at radius 1 is 1.14 bits per heavy atom. The van der Waals surface area contributed by atoms with Gasteiger partial charge >= 0.3 is 0 Å². The van der Waals surface area contributed by atoms with E-state index >= 15 is 0 Å². The molecule has 0 bridgehead atoms. The lowest BCUT2D eigenvalue weighted by Crippen LogP contribution is -2.13. The van der Waals surface area contributed by atoms with Gasteiger partial charge < -0.3 is 4.74 Å². The van der Waals surface area contributed by atoms with Crippen LogP contribution in [0.4, 0.5) is 4.39 Å². The number of rotatable bonds is 6. The third-order valence-electron chi connectivity index (χ3n) is 2.92. The van der Waals surface area contributed by atoms with Gasteiger partial charge in [-0.1, -0.05) is 24.3 Å². The van der Waals surface area contributed by atoms with Crippen molar-refractivity contribution in [3.8, 4) is 5.75 Å². The number of Topliss-reactive ketones (excluding diaryl/α,β-unsaturated/α-hetero) is 1. The van der Waals surface area contributed by atoms with E-state index in [0.29, 0.717) is 16.2 Å². The van der Waals surface area contributed by atoms with Crippen LogP contribution in [0.3, 0.4) is 0 Å². The molecule has 0 heterocycles. The van der Waals surface area contributed by atoms with Crippen LogP contribution < -0.4 is 4.74 Å². The summed E-state index contributed by atoms with van der Waals surface area (Å²) < 4.78 is 30.2. The number of methoxy groups -OCH3 is 1. The van der Waals surface area contributed by atoms with Gasteiger partial charge in [0.05, 0.1) is 28.6 Å². The van der Waals surface area contributed by atoms with Crippen LogP contribution >= 0.6 is 0 Å². The number of benzene rings is 2. The Morgan fingerprint density at radius 2 is 1.81 bits per heavy atom. The summed E-state index contributed by atoms with van der Waals surface area (Å²) in [7, 11) is 0.0448. The van der Waals surface area contributed by atoms with Crippen molar-refractivity contribution in [3.05, 3.63) is 59.9 Å². The molecule has 0 N–H and O–H groups in total. The first-order chi connectivity index (χ1) is 10.1. The van der Waals surface area contributed by atoms with Gasteiger partial charge in [-0.15, -0.1) is 0 Å². The molecule has 0 spiro atoms. The average molecular weight is 306 g/mol. The molecule has 0 fully saturated rings. The number of hydrogen-bond acceptors (Lipinski definition) is 3.